The van der Waals surface area contributed by atoms with E-state index in [0.29, 0.717) is 49.9 Å². The summed E-state index contributed by atoms with van der Waals surface area (Å²) in [4.78, 5) is 67.3. The summed E-state index contributed by atoms with van der Waals surface area (Å²) in [6.45, 7) is 11.4. The van der Waals surface area contributed by atoms with E-state index in [-0.39, 0.29) is 259 Å². The number of rotatable bonds is 18. The summed E-state index contributed by atoms with van der Waals surface area (Å²) in [5.41, 5.74) is -4.51. The molecule has 33 nitrogen and oxygen atoms in total. The van der Waals surface area contributed by atoms with Crippen LogP contribution in [0, 0.1) is 45.3 Å². The maximum Gasteiger partial charge on any atom is 1.00 e. The van der Waals surface area contributed by atoms with E-state index in [0.717, 1.165) is 34.8 Å². The molecule has 45 heteroatoms. The number of amides is 6. The quantitative estimate of drug-likeness (QED) is 0.0458. The Hall–Kier alpha value is -2.87. The van der Waals surface area contributed by atoms with Gasteiger partial charge in [-0.3, -0.25) is 29.0 Å². The zero-order valence-electron chi connectivity index (χ0n) is 62.8. The van der Waals surface area contributed by atoms with Gasteiger partial charge in [0, 0.05) is 86.7 Å². The predicted molar refractivity (Wildman–Crippen MR) is 366 cm³/mol. The smallest absolute Gasteiger partial charge is 0.744 e. The number of urea groups is 1. The van der Waals surface area contributed by atoms with Crippen LogP contribution in [0.1, 0.15) is 101 Å². The molecule has 4 aliphatic rings. The molecule has 4 aromatic heterocycles. The van der Waals surface area contributed by atoms with Gasteiger partial charge < -0.3 is 66.9 Å². The van der Waals surface area contributed by atoms with Crippen LogP contribution in [0.25, 0.3) is 21.5 Å². The Kier molecular flexibility index (Phi) is 28.9. The van der Waals surface area contributed by atoms with Crippen molar-refractivity contribution in [2.45, 2.75) is 109 Å². The summed E-state index contributed by atoms with van der Waals surface area (Å²) in [6.07, 6.45) is 8.90. The average molecular weight is 1690 g/mol. The van der Waals surface area contributed by atoms with Gasteiger partial charge in [-0.25, -0.2) is 55.3 Å². The molecule has 8 aromatic rings. The molecule has 4 aliphatic carbocycles. The maximum absolute atomic E-state index is 15.6. The van der Waals surface area contributed by atoms with Crippen LogP contribution in [-0.4, -0.2) is 126 Å². The molecule has 4 N–H and O–H groups in total. The Morgan fingerprint density at radius 1 is 0.382 bits per heavy atom. The van der Waals surface area contributed by atoms with Crippen LogP contribution in [0.4, 0.5) is 50.6 Å². The second kappa shape index (κ2) is 33.1. The standard InChI is InChI=1S/C65H72N10O23S6.6Na/c1-33-11-13-53-62(3,4)64(53,27-33)59(78)74(39-19-43-45(49(21-39)101(87,88)89)23-41(99(81,82)83)25-51(43)103(93,94)95)55-17-37(31-72(55)9)66-57(76)47-15-35(29-70(47)7)68-61(80)69-36-16-48(71(8)30-36)58(77)67-38-18-56(73(10)32-38)75(60(79)65-28-34(2)12-14-54(65)63(65,5)6)40-20-44-46(50(22-40)102(90,91)92)24-42(100(84,85)86)26-52(44)104(96,97)98;;;;;;/h15-26,29-34,53-54H,11-14,27-28H2,1-10H3,(H,66,76)(H,67,77)(H2,68,69,80)(H,81,82,83)(H,84,85,86)(H,87,88,89)(H,90,91,92)(H,93,94,95)(H,96,97,98);;;;;;/q;6*+1/p-6. The van der Waals surface area contributed by atoms with Crippen LogP contribution >= 0.6 is 0 Å². The molecular weight excluding hydrogens is 1620 g/mol. The van der Waals surface area contributed by atoms with E-state index < -0.39 is 174 Å². The molecule has 4 heterocycles. The maximum atomic E-state index is 15.6. The number of hydrogen-bond acceptors (Lipinski definition) is 23. The first kappa shape index (κ1) is 96.0. The predicted octanol–water partition coefficient (Wildman–Crippen LogP) is -10.8. The van der Waals surface area contributed by atoms with Gasteiger partial charge in [-0.15, -0.1) is 0 Å². The molecule has 12 rings (SSSR count). The molecule has 4 aromatic carbocycles. The van der Waals surface area contributed by atoms with Gasteiger partial charge in [0.15, 0.2) is 0 Å². The molecule has 0 aliphatic heterocycles. The van der Waals surface area contributed by atoms with Crippen LogP contribution in [0.3, 0.4) is 0 Å². The van der Waals surface area contributed by atoms with Crippen molar-refractivity contribution < 1.29 is 279 Å². The molecule has 4 fully saturated rings. The first-order valence-electron chi connectivity index (χ1n) is 31.9. The number of carbonyl (C=O) groups is 5. The molecule has 0 radical (unpaired) electrons. The van der Waals surface area contributed by atoms with E-state index in [1.54, 1.807) is 0 Å². The first-order valence-corrected chi connectivity index (χ1v) is 40.3. The van der Waals surface area contributed by atoms with Crippen molar-refractivity contribution in [1.82, 2.24) is 18.3 Å². The van der Waals surface area contributed by atoms with E-state index in [4.69, 9.17) is 0 Å². The van der Waals surface area contributed by atoms with Crippen molar-refractivity contribution in [3.8, 4) is 0 Å². The first-order chi connectivity index (χ1) is 47.8. The molecule has 0 spiro atoms. The number of fused-ring (bicyclic) bond motifs is 4. The average Bonchev–Trinajstić information content (AvgIpc) is 1.50. The third-order valence-corrected chi connectivity index (χ3v) is 26.6. The second-order valence-electron chi connectivity index (χ2n) is 28.5. The summed E-state index contributed by atoms with van der Waals surface area (Å²) in [5.74, 6) is -3.47. The van der Waals surface area contributed by atoms with Gasteiger partial charge in [-0.1, -0.05) is 54.4 Å². The fourth-order valence-corrected chi connectivity index (χ4v) is 20.5. The third kappa shape index (κ3) is 17.5. The van der Waals surface area contributed by atoms with Crippen molar-refractivity contribution >= 4 is 158 Å². The minimum absolute atomic E-state index is 0. The zero-order chi connectivity index (χ0) is 76.6. The Morgan fingerprint density at radius 3 is 0.964 bits per heavy atom. The van der Waals surface area contributed by atoms with Crippen molar-refractivity contribution in [2.24, 2.45) is 73.5 Å². The van der Waals surface area contributed by atoms with Gasteiger partial charge in [0.25, 0.3) is 11.8 Å². The van der Waals surface area contributed by atoms with Crippen LogP contribution in [0.5, 0.6) is 0 Å². The van der Waals surface area contributed by atoms with E-state index in [1.165, 1.54) is 95.5 Å². The molecule has 0 bridgehead atoms. The van der Waals surface area contributed by atoms with Gasteiger partial charge in [0.2, 0.25) is 11.8 Å². The van der Waals surface area contributed by atoms with E-state index in [2.05, 4.69) is 21.3 Å². The monoisotopic (exact) mass is 1680 g/mol. The van der Waals surface area contributed by atoms with Gasteiger partial charge in [0.1, 0.15) is 83.7 Å². The zero-order valence-corrected chi connectivity index (χ0v) is 79.7. The third-order valence-electron chi connectivity index (χ3n) is 21.5. The van der Waals surface area contributed by atoms with Gasteiger partial charge in [-0.05, 0) is 121 Å². The van der Waals surface area contributed by atoms with Crippen LogP contribution < -0.4 is 208 Å². The van der Waals surface area contributed by atoms with Crippen LogP contribution in [0.15, 0.2) is 127 Å². The second-order valence-corrected chi connectivity index (χ2v) is 36.7. The summed E-state index contributed by atoms with van der Waals surface area (Å²) >= 11 is 0. The Bertz CT molecular complexity index is 5540. The molecular formula is C65H66N10Na6O23S6. The fraction of sp³-hybridized carbons (Fsp3) is 0.369. The van der Waals surface area contributed by atoms with Gasteiger partial charge in [0.05, 0.1) is 74.3 Å². The number of nitrogens with zero attached hydrogens (tertiary/aromatic N) is 6. The largest absolute Gasteiger partial charge is 1.00 e. The number of aromatic nitrogens is 4. The molecule has 6 amide bonds. The topological polar surface area (TPSA) is 503 Å². The molecule has 110 heavy (non-hydrogen) atoms. The normalized spacial score (nSPS) is 20.4. The molecule has 6 unspecified atom stereocenters. The van der Waals surface area contributed by atoms with Gasteiger partial charge in [-0.2, -0.15) is 0 Å². The minimum atomic E-state index is -5.76. The van der Waals surface area contributed by atoms with Crippen molar-refractivity contribution in [3.05, 3.63) is 109 Å². The number of aryl methyl sites for hydroxylation is 4. The fourth-order valence-electron chi connectivity index (χ4n) is 16.5. The van der Waals surface area contributed by atoms with Gasteiger partial charge >= 0.3 is 183 Å². The van der Waals surface area contributed by atoms with Crippen LogP contribution in [-0.2, 0) is 98.5 Å². The summed E-state index contributed by atoms with van der Waals surface area (Å²) in [5, 5.41) is 7.21. The van der Waals surface area contributed by atoms with Crippen molar-refractivity contribution in [2.75, 3.05) is 31.1 Å². The number of hydrogen-bond donors (Lipinski definition) is 4. The summed E-state index contributed by atoms with van der Waals surface area (Å²) in [6, 6.07) is 8.93. The van der Waals surface area contributed by atoms with Crippen molar-refractivity contribution in [3.63, 3.8) is 0 Å². The minimum Gasteiger partial charge on any atom is -0.744 e. The molecule has 6 atom stereocenters. The number of anilines is 8. The molecule has 4 saturated carbocycles. The van der Waals surface area contributed by atoms with E-state index in [9.17, 15) is 92.2 Å². The summed E-state index contributed by atoms with van der Waals surface area (Å²) < 4.78 is 234. The number of nitrogens with one attached hydrogen (secondary N) is 4. The molecule has 556 valence electrons. The molecule has 0 saturated heterocycles. The Morgan fingerprint density at radius 2 is 0.664 bits per heavy atom. The SMILES string of the molecule is CC1CCC2C(C)(C)C2(C(=O)N(c2cc(S(=O)(=O)[O-])c3cc(S(=O)(=O)[O-])cc(S(=O)(=O)[O-])c3c2)c2cc(NC(=O)c3cc(NC(=O)Nc4cc(C(=O)Nc5cc(N(C(=O)C67CC(C)CCC6C7(C)C)c6cc(S(=O)(=O)[O-])c7cc(S(=O)(=O)[O-])cc(S(=O)(=O)[O-])c7c6)n(C)c5)n(C)c4)cn3C)cn2C)C1.[Na+].[Na+].[Na+].[Na+].[Na+].[Na+]. The Balaban J connectivity index is 0.00000315. The van der Waals surface area contributed by atoms with E-state index >= 15 is 9.59 Å². The van der Waals surface area contributed by atoms with Crippen LogP contribution in [0.2, 0.25) is 0 Å². The Labute approximate surface area is 767 Å². The van der Waals surface area contributed by atoms with Crippen molar-refractivity contribution in [1.29, 1.82) is 0 Å². The van der Waals surface area contributed by atoms with E-state index in [1.807, 2.05) is 41.5 Å². The number of carbonyl (C=O) groups excluding carboxylic acids is 5. The number of benzene rings is 4. The summed E-state index contributed by atoms with van der Waals surface area (Å²) in [7, 11) is -28.3.